The van der Waals surface area contributed by atoms with Gasteiger partial charge in [0.05, 0.1) is 19.3 Å². The second-order valence-corrected chi connectivity index (χ2v) is 8.29. The summed E-state index contributed by atoms with van der Waals surface area (Å²) in [7, 11) is 0. The largest absolute Gasteiger partial charge is 0.378 e. The molecule has 0 aromatic heterocycles. The number of nitrogens with zero attached hydrogens (tertiary/aromatic N) is 2. The van der Waals surface area contributed by atoms with Gasteiger partial charge >= 0.3 is 0 Å². The van der Waals surface area contributed by atoms with Gasteiger partial charge in [-0.15, -0.1) is 0 Å². The molecule has 8 heteroatoms. The Morgan fingerprint density at radius 2 is 1.97 bits per heavy atom. The predicted octanol–water partition coefficient (Wildman–Crippen LogP) is 0.909. The van der Waals surface area contributed by atoms with Crippen LogP contribution in [0, 0.1) is 12.7 Å². The van der Waals surface area contributed by atoms with E-state index >= 15 is 0 Å². The molecule has 7 nitrogen and oxygen atoms in total. The van der Waals surface area contributed by atoms with E-state index in [2.05, 4.69) is 15.5 Å². The van der Waals surface area contributed by atoms with Crippen molar-refractivity contribution in [2.75, 3.05) is 44.7 Å². The number of rotatable bonds is 3. The fraction of sp³-hybridized carbons (Fsp3) is 0.619. The Labute approximate surface area is 170 Å². The number of halogens is 1. The van der Waals surface area contributed by atoms with Gasteiger partial charge in [0.15, 0.2) is 0 Å². The minimum Gasteiger partial charge on any atom is -0.378 e. The van der Waals surface area contributed by atoms with Crippen molar-refractivity contribution >= 4 is 17.5 Å². The number of carbonyl (C=O) groups excluding carboxylic acids is 2. The third-order valence-corrected chi connectivity index (χ3v) is 6.32. The average Bonchev–Trinajstić information content (AvgIpc) is 3.18. The lowest BCUT2D eigenvalue weighted by molar-refractivity contribution is -0.132. The summed E-state index contributed by atoms with van der Waals surface area (Å²) in [4.78, 5) is 28.5. The third-order valence-electron chi connectivity index (χ3n) is 6.32. The highest BCUT2D eigenvalue weighted by Crippen LogP contribution is 2.31. The Morgan fingerprint density at radius 1 is 1.21 bits per heavy atom. The lowest BCUT2D eigenvalue weighted by Gasteiger charge is -2.42. The van der Waals surface area contributed by atoms with Crippen LogP contribution in [0.4, 0.5) is 10.1 Å². The SMILES string of the molecule is CC(=O)N1CCN(C2COCC(NC(=O)C3Cc4c(F)ccc(C)c4N3)C2)CC1. The number of benzene rings is 1. The molecule has 1 aromatic rings. The van der Waals surface area contributed by atoms with Crippen LogP contribution in [-0.2, 0) is 20.7 Å². The second-order valence-electron chi connectivity index (χ2n) is 8.29. The first kappa shape index (κ1) is 20.1. The summed E-state index contributed by atoms with van der Waals surface area (Å²) >= 11 is 0. The number of piperazine rings is 1. The first-order chi connectivity index (χ1) is 13.9. The molecule has 3 heterocycles. The Morgan fingerprint density at radius 3 is 2.66 bits per heavy atom. The maximum absolute atomic E-state index is 14.1. The molecular formula is C21H29FN4O3. The number of aryl methyl sites for hydroxylation is 1. The van der Waals surface area contributed by atoms with E-state index in [1.165, 1.54) is 6.07 Å². The molecule has 2 saturated heterocycles. The van der Waals surface area contributed by atoms with Crippen molar-refractivity contribution in [3.05, 3.63) is 29.1 Å². The molecule has 0 aliphatic carbocycles. The first-order valence-electron chi connectivity index (χ1n) is 10.3. The van der Waals surface area contributed by atoms with Gasteiger partial charge in [-0.05, 0) is 25.0 Å². The molecule has 29 heavy (non-hydrogen) atoms. The molecule has 3 aliphatic rings. The van der Waals surface area contributed by atoms with Crippen LogP contribution in [0.3, 0.4) is 0 Å². The zero-order valence-corrected chi connectivity index (χ0v) is 17.0. The highest BCUT2D eigenvalue weighted by atomic mass is 19.1. The summed E-state index contributed by atoms with van der Waals surface area (Å²) in [5.74, 6) is -0.263. The van der Waals surface area contributed by atoms with Gasteiger partial charge in [-0.3, -0.25) is 14.5 Å². The summed E-state index contributed by atoms with van der Waals surface area (Å²) in [5.41, 5.74) is 2.28. The van der Waals surface area contributed by atoms with Gasteiger partial charge in [-0.1, -0.05) is 6.07 Å². The van der Waals surface area contributed by atoms with E-state index in [4.69, 9.17) is 4.74 Å². The molecule has 4 rings (SSSR count). The zero-order chi connectivity index (χ0) is 20.5. The number of hydrogen-bond donors (Lipinski definition) is 2. The highest BCUT2D eigenvalue weighted by Gasteiger charge is 2.34. The summed E-state index contributed by atoms with van der Waals surface area (Å²) in [6.45, 7) is 7.77. The standard InChI is InChI=1S/C21H29FN4O3/c1-13-3-4-18(22)17-10-19(24-20(13)17)21(28)23-15-9-16(12-29-11-15)26-7-5-25(6-8-26)14(2)27/h3-4,15-16,19,24H,5-12H2,1-2H3,(H,23,28). The van der Waals surface area contributed by atoms with E-state index in [0.717, 1.165) is 43.9 Å². The number of ether oxygens (including phenoxy) is 1. The topological polar surface area (TPSA) is 73.9 Å². The molecule has 3 unspecified atom stereocenters. The van der Waals surface area contributed by atoms with Gasteiger partial charge in [0, 0.05) is 56.8 Å². The maximum atomic E-state index is 14.1. The van der Waals surface area contributed by atoms with Crippen molar-refractivity contribution < 1.29 is 18.7 Å². The van der Waals surface area contributed by atoms with E-state index < -0.39 is 6.04 Å². The number of hydrogen-bond acceptors (Lipinski definition) is 5. The van der Waals surface area contributed by atoms with Crippen LogP contribution in [0.15, 0.2) is 12.1 Å². The molecule has 0 spiro atoms. The lowest BCUT2D eigenvalue weighted by Crippen LogP contribution is -2.57. The van der Waals surface area contributed by atoms with Gasteiger partial charge < -0.3 is 20.3 Å². The highest BCUT2D eigenvalue weighted by molar-refractivity contribution is 5.88. The molecule has 0 saturated carbocycles. The number of fused-ring (bicyclic) bond motifs is 1. The van der Waals surface area contributed by atoms with Gasteiger partial charge in [0.25, 0.3) is 0 Å². The van der Waals surface area contributed by atoms with Crippen molar-refractivity contribution in [2.24, 2.45) is 0 Å². The van der Waals surface area contributed by atoms with Crippen molar-refractivity contribution in [1.82, 2.24) is 15.1 Å². The summed E-state index contributed by atoms with van der Waals surface area (Å²) in [6, 6.07) is 2.90. The van der Waals surface area contributed by atoms with E-state index in [0.29, 0.717) is 25.2 Å². The van der Waals surface area contributed by atoms with Gasteiger partial charge in [0.1, 0.15) is 11.9 Å². The zero-order valence-electron chi connectivity index (χ0n) is 17.0. The summed E-state index contributed by atoms with van der Waals surface area (Å²) in [6.07, 6.45) is 1.18. The molecule has 0 radical (unpaired) electrons. The number of nitrogens with one attached hydrogen (secondary N) is 2. The second kappa shape index (κ2) is 8.28. The molecule has 158 valence electrons. The molecule has 3 aliphatic heterocycles. The van der Waals surface area contributed by atoms with E-state index in [1.54, 1.807) is 13.0 Å². The first-order valence-corrected chi connectivity index (χ1v) is 10.3. The monoisotopic (exact) mass is 404 g/mol. The van der Waals surface area contributed by atoms with E-state index in [9.17, 15) is 14.0 Å². The van der Waals surface area contributed by atoms with E-state index in [1.807, 2.05) is 11.8 Å². The summed E-state index contributed by atoms with van der Waals surface area (Å²) < 4.78 is 19.8. The quantitative estimate of drug-likeness (QED) is 0.784. The van der Waals surface area contributed by atoms with Gasteiger partial charge in [-0.25, -0.2) is 4.39 Å². The lowest BCUT2D eigenvalue weighted by atomic mass is 10.0. The third kappa shape index (κ3) is 4.23. The molecule has 0 bridgehead atoms. The molecule has 1 aromatic carbocycles. The van der Waals surface area contributed by atoms with E-state index in [-0.39, 0.29) is 29.7 Å². The normalized spacial score (nSPS) is 27.3. The Bertz CT molecular complexity index is 763. The Hall–Kier alpha value is -2.19. The molecule has 2 amide bonds. The van der Waals surface area contributed by atoms with Crippen LogP contribution < -0.4 is 10.6 Å². The van der Waals surface area contributed by atoms with Crippen molar-refractivity contribution in [1.29, 1.82) is 0 Å². The molecule has 2 N–H and O–H groups in total. The van der Waals surface area contributed by atoms with Crippen molar-refractivity contribution in [3.63, 3.8) is 0 Å². The fourth-order valence-electron chi connectivity index (χ4n) is 4.60. The van der Waals surface area contributed by atoms with Crippen molar-refractivity contribution in [2.45, 2.75) is 44.8 Å². The Balaban J connectivity index is 1.31. The number of carbonyl (C=O) groups is 2. The maximum Gasteiger partial charge on any atom is 0.243 e. The Kier molecular flexibility index (Phi) is 5.74. The van der Waals surface area contributed by atoms with Crippen LogP contribution in [0.2, 0.25) is 0 Å². The van der Waals surface area contributed by atoms with Crippen LogP contribution in [0.1, 0.15) is 24.5 Å². The smallest absolute Gasteiger partial charge is 0.243 e. The van der Waals surface area contributed by atoms with Crippen LogP contribution in [0.5, 0.6) is 0 Å². The van der Waals surface area contributed by atoms with Gasteiger partial charge in [-0.2, -0.15) is 0 Å². The van der Waals surface area contributed by atoms with Gasteiger partial charge in [0.2, 0.25) is 11.8 Å². The molecule has 2 fully saturated rings. The summed E-state index contributed by atoms with van der Waals surface area (Å²) in [5, 5.41) is 6.27. The fourth-order valence-corrected chi connectivity index (χ4v) is 4.60. The molecule has 3 atom stereocenters. The van der Waals surface area contributed by atoms with Crippen LogP contribution in [-0.4, -0.2) is 79.1 Å². The number of anilines is 1. The molecular weight excluding hydrogens is 375 g/mol. The minimum absolute atomic E-state index is 0.0662. The predicted molar refractivity (Wildman–Crippen MR) is 107 cm³/mol. The number of amides is 2. The van der Waals surface area contributed by atoms with Crippen LogP contribution in [0.25, 0.3) is 0 Å². The minimum atomic E-state index is -0.458. The van der Waals surface area contributed by atoms with Crippen molar-refractivity contribution in [3.8, 4) is 0 Å². The average molecular weight is 404 g/mol. The van der Waals surface area contributed by atoms with Crippen LogP contribution >= 0.6 is 0 Å².